The van der Waals surface area contributed by atoms with Gasteiger partial charge in [0.25, 0.3) is 0 Å². The summed E-state index contributed by atoms with van der Waals surface area (Å²) in [5, 5.41) is 10.8. The first-order valence-electron chi connectivity index (χ1n) is 17.0. The Morgan fingerprint density at radius 1 is 0.905 bits per heavy atom. The number of benzene rings is 1. The molecule has 0 aromatic heterocycles. The van der Waals surface area contributed by atoms with Crippen LogP contribution in [0.4, 0.5) is 0 Å². The number of hydrogen-bond donors (Lipinski definition) is 1. The first-order chi connectivity index (χ1) is 19.8. The number of aliphatic hydroxyl groups is 1. The Kier molecular flexibility index (Phi) is 7.44. The molecule has 10 atom stereocenters. The molecule has 3 nitrogen and oxygen atoms in total. The first kappa shape index (κ1) is 30.2. The molecule has 1 N–H and O–H groups in total. The largest absolute Gasteiger partial charge is 0.459 e. The minimum Gasteiger partial charge on any atom is -0.459 e. The van der Waals surface area contributed by atoms with Gasteiger partial charge in [-0.15, -0.1) is 0 Å². The topological polar surface area (TPSA) is 46.5 Å². The van der Waals surface area contributed by atoms with Gasteiger partial charge in [-0.1, -0.05) is 77.1 Å². The van der Waals surface area contributed by atoms with Crippen LogP contribution in [0.3, 0.4) is 0 Å². The second kappa shape index (κ2) is 10.4. The Hall–Kier alpha value is -1.87. The summed E-state index contributed by atoms with van der Waals surface area (Å²) in [7, 11) is 0. The number of fused-ring (bicyclic) bond motifs is 7. The summed E-state index contributed by atoms with van der Waals surface area (Å²) < 4.78 is 6.24. The molecular weight excluding hydrogens is 516 g/mol. The molecule has 5 aliphatic carbocycles. The van der Waals surface area contributed by atoms with Crippen molar-refractivity contribution in [2.45, 2.75) is 112 Å². The van der Waals surface area contributed by atoms with Gasteiger partial charge < -0.3 is 9.84 Å². The number of carbonyl (C=O) groups is 1. The van der Waals surface area contributed by atoms with E-state index in [0.717, 1.165) is 18.4 Å². The van der Waals surface area contributed by atoms with E-state index in [1.54, 1.807) is 6.08 Å². The van der Waals surface area contributed by atoms with E-state index in [9.17, 15) is 9.90 Å². The van der Waals surface area contributed by atoms with Crippen LogP contribution in [0.15, 0.2) is 48.6 Å². The van der Waals surface area contributed by atoms with Crippen LogP contribution in [0.1, 0.15) is 111 Å². The van der Waals surface area contributed by atoms with Crippen molar-refractivity contribution in [2.24, 2.45) is 56.7 Å². The Bertz CT molecular complexity index is 1230. The highest BCUT2D eigenvalue weighted by molar-refractivity contribution is 5.87. The van der Waals surface area contributed by atoms with Crippen molar-refractivity contribution in [3.05, 3.63) is 54.1 Å². The minimum absolute atomic E-state index is 0.0468. The average Bonchev–Trinajstić information content (AvgIpc) is 3.35. The number of carbonyl (C=O) groups excluding carboxylic acids is 1. The number of aliphatic hydroxyl groups excluding tert-OH is 1. The lowest BCUT2D eigenvalue weighted by Crippen LogP contribution is -2.67. The van der Waals surface area contributed by atoms with Gasteiger partial charge in [0.2, 0.25) is 0 Å². The van der Waals surface area contributed by atoms with Gasteiger partial charge in [-0.2, -0.15) is 0 Å². The molecular formula is C39H56O3. The van der Waals surface area contributed by atoms with Crippen LogP contribution in [-0.4, -0.2) is 23.8 Å². The summed E-state index contributed by atoms with van der Waals surface area (Å²) in [4.78, 5) is 13.0. The third-order valence-electron chi connectivity index (χ3n) is 15.0. The van der Waals surface area contributed by atoms with E-state index in [-0.39, 0.29) is 28.3 Å². The van der Waals surface area contributed by atoms with Gasteiger partial charge in [-0.05, 0) is 134 Å². The van der Waals surface area contributed by atoms with Crippen molar-refractivity contribution in [3.8, 4) is 0 Å². The summed E-state index contributed by atoms with van der Waals surface area (Å²) in [6.45, 7) is 19.8. The van der Waals surface area contributed by atoms with Gasteiger partial charge >= 0.3 is 5.97 Å². The monoisotopic (exact) mass is 572 g/mol. The van der Waals surface area contributed by atoms with Crippen molar-refractivity contribution in [1.29, 1.82) is 0 Å². The predicted molar refractivity (Wildman–Crippen MR) is 171 cm³/mol. The van der Waals surface area contributed by atoms with Crippen molar-refractivity contribution in [2.75, 3.05) is 6.61 Å². The zero-order valence-electron chi connectivity index (χ0n) is 27.3. The molecule has 1 aromatic rings. The third kappa shape index (κ3) is 4.26. The zero-order chi connectivity index (χ0) is 30.1. The first-order valence-corrected chi connectivity index (χ1v) is 17.0. The summed E-state index contributed by atoms with van der Waals surface area (Å²) in [5.41, 5.74) is 3.25. The maximum atomic E-state index is 13.0. The van der Waals surface area contributed by atoms with Gasteiger partial charge in [0.15, 0.2) is 0 Å². The Labute approximate surface area is 255 Å². The van der Waals surface area contributed by atoms with Crippen LogP contribution in [0.5, 0.6) is 0 Å². The second-order valence-electron chi connectivity index (χ2n) is 16.7. The molecule has 0 unspecified atom stereocenters. The van der Waals surface area contributed by atoms with Crippen LogP contribution >= 0.6 is 0 Å². The fourth-order valence-corrected chi connectivity index (χ4v) is 12.7. The third-order valence-corrected chi connectivity index (χ3v) is 15.0. The highest BCUT2D eigenvalue weighted by Gasteiger charge is 2.71. The van der Waals surface area contributed by atoms with E-state index in [4.69, 9.17) is 4.74 Å². The Morgan fingerprint density at radius 3 is 2.33 bits per heavy atom. The molecule has 0 aliphatic heterocycles. The van der Waals surface area contributed by atoms with Gasteiger partial charge in [-0.25, -0.2) is 4.79 Å². The van der Waals surface area contributed by atoms with Gasteiger partial charge in [0.05, 0.1) is 0 Å². The lowest BCUT2D eigenvalue weighted by Gasteiger charge is -2.73. The van der Waals surface area contributed by atoms with E-state index in [0.29, 0.717) is 47.0 Å². The van der Waals surface area contributed by atoms with Gasteiger partial charge in [0.1, 0.15) is 6.10 Å². The summed E-state index contributed by atoms with van der Waals surface area (Å²) in [6.07, 6.45) is 15.4. The molecule has 5 fully saturated rings. The van der Waals surface area contributed by atoms with Crippen molar-refractivity contribution in [1.82, 2.24) is 0 Å². The molecule has 0 radical (unpaired) electrons. The summed E-state index contributed by atoms with van der Waals surface area (Å²) in [6, 6.07) is 9.99. The van der Waals surface area contributed by atoms with Gasteiger partial charge in [0, 0.05) is 18.1 Å². The maximum Gasteiger partial charge on any atom is 0.331 e. The fourth-order valence-electron chi connectivity index (χ4n) is 12.7. The molecule has 0 bridgehead atoms. The lowest BCUT2D eigenvalue weighted by atomic mass is 9.32. The van der Waals surface area contributed by atoms with Crippen LogP contribution in [0, 0.1) is 56.7 Å². The molecule has 42 heavy (non-hydrogen) atoms. The Morgan fingerprint density at radius 2 is 1.64 bits per heavy atom. The standard InChI is InChI=1S/C39H56O3/c1-26(2)28-17-22-39(25-40)24-23-37(6)29(34(28)39)14-15-31-36(5)20-19-32(35(3,4)30(36)18-21-38(31,37)7)42-33(41)16-13-27-11-9-8-10-12-27/h8-13,16,28-32,34,40H,1,14-15,17-25H2,2-7H3/b16-13+/t28-,29+,30-,31+,32-,34+,36-,37+,38+,39+/m0/s1. The number of allylic oxidation sites excluding steroid dienone is 1. The van der Waals surface area contributed by atoms with Gasteiger partial charge in [-0.3, -0.25) is 0 Å². The van der Waals surface area contributed by atoms with E-state index < -0.39 is 0 Å². The zero-order valence-corrected chi connectivity index (χ0v) is 27.3. The molecule has 5 aliphatic rings. The normalized spacial score (nSPS) is 45.8. The van der Waals surface area contributed by atoms with Crippen molar-refractivity contribution >= 4 is 12.0 Å². The molecule has 0 heterocycles. The molecule has 0 saturated heterocycles. The number of esters is 1. The number of ether oxygens (including phenoxy) is 1. The average molecular weight is 573 g/mol. The van der Waals surface area contributed by atoms with E-state index in [1.165, 1.54) is 56.9 Å². The molecule has 5 saturated carbocycles. The van der Waals surface area contributed by atoms with E-state index in [1.807, 2.05) is 36.4 Å². The number of hydrogen-bond acceptors (Lipinski definition) is 3. The molecule has 230 valence electrons. The van der Waals surface area contributed by atoms with Crippen molar-refractivity contribution < 1.29 is 14.6 Å². The molecule has 0 spiro atoms. The van der Waals surface area contributed by atoms with Crippen LogP contribution in [0.2, 0.25) is 0 Å². The molecule has 6 rings (SSSR count). The predicted octanol–water partition coefficient (Wildman–Crippen LogP) is 9.26. The van der Waals surface area contributed by atoms with Crippen molar-refractivity contribution in [3.63, 3.8) is 0 Å². The SMILES string of the molecule is C=C(C)[C@@H]1CC[C@]2(CO)CC[C@]3(C)[C@H](CC[C@@H]4[C@@]5(C)CC[C@H](OC(=O)/C=C/c6ccccc6)C(C)(C)[C@@H]5CC[C@]43C)[C@@H]12. The fraction of sp³-hybridized carbons (Fsp3) is 0.718. The quantitative estimate of drug-likeness (QED) is 0.217. The number of rotatable bonds is 5. The Balaban J connectivity index is 1.24. The molecule has 1 aromatic carbocycles. The highest BCUT2D eigenvalue weighted by Crippen LogP contribution is 2.77. The van der Waals surface area contributed by atoms with Crippen LogP contribution in [-0.2, 0) is 9.53 Å². The summed E-state index contributed by atoms with van der Waals surface area (Å²) >= 11 is 0. The molecule has 3 heteroatoms. The second-order valence-corrected chi connectivity index (χ2v) is 16.7. The smallest absolute Gasteiger partial charge is 0.331 e. The van der Waals surface area contributed by atoms with Crippen LogP contribution in [0.25, 0.3) is 6.08 Å². The summed E-state index contributed by atoms with van der Waals surface area (Å²) in [5.74, 6) is 2.83. The van der Waals surface area contributed by atoms with E-state index >= 15 is 0 Å². The minimum atomic E-state index is -0.215. The lowest BCUT2D eigenvalue weighted by molar-refractivity contribution is -0.251. The van der Waals surface area contributed by atoms with E-state index in [2.05, 4.69) is 48.1 Å². The van der Waals surface area contributed by atoms with Crippen LogP contribution < -0.4 is 0 Å². The molecule has 0 amide bonds. The highest BCUT2D eigenvalue weighted by atomic mass is 16.5. The maximum absolute atomic E-state index is 13.0.